The number of carbonyl (C=O) groups excluding carboxylic acids is 1. The van der Waals surface area contributed by atoms with Crippen molar-refractivity contribution in [3.05, 3.63) is 12.7 Å². The van der Waals surface area contributed by atoms with Gasteiger partial charge in [0.1, 0.15) is 5.66 Å². The van der Waals surface area contributed by atoms with Gasteiger partial charge in [0.2, 0.25) is 16.4 Å². The third kappa shape index (κ3) is 1.85. The lowest BCUT2D eigenvalue weighted by atomic mass is 10.3. The van der Waals surface area contributed by atoms with E-state index in [1.165, 1.54) is 0 Å². The molecule has 2 aliphatic carbocycles. The van der Waals surface area contributed by atoms with Crippen LogP contribution in [0.2, 0.25) is 0 Å². The molecule has 2 atom stereocenters. The number of amides is 1. The summed E-state index contributed by atoms with van der Waals surface area (Å²) in [6.45, 7) is 3.56. The van der Waals surface area contributed by atoms with Crippen molar-refractivity contribution in [1.82, 2.24) is 4.31 Å². The number of halogens is 1. The smallest absolute Gasteiger partial charge is 0.241 e. The Hall–Kier alpha value is -0.590. The largest absolute Gasteiger partial charge is 0.307 e. The van der Waals surface area contributed by atoms with Crippen molar-refractivity contribution >= 4 is 28.8 Å². The fourth-order valence-electron chi connectivity index (χ4n) is 1.76. The summed E-state index contributed by atoms with van der Waals surface area (Å²) < 4.78 is 24.5. The van der Waals surface area contributed by atoms with Crippen LogP contribution in [0.25, 0.3) is 0 Å². The molecule has 0 radical (unpaired) electrons. The molecule has 2 aliphatic rings. The first-order valence-corrected chi connectivity index (χ1v) is 6.37. The van der Waals surface area contributed by atoms with E-state index >= 15 is 0 Å². The Kier molecular flexibility index (Phi) is 3.38. The van der Waals surface area contributed by atoms with Crippen molar-refractivity contribution in [2.45, 2.75) is 30.2 Å². The summed E-state index contributed by atoms with van der Waals surface area (Å²) in [5.74, 6) is -0.115. The topological polar surface area (TPSA) is 80.5 Å². The van der Waals surface area contributed by atoms with E-state index in [1.54, 1.807) is 6.08 Å². The molecule has 2 N–H and O–H groups in total. The summed E-state index contributed by atoms with van der Waals surface area (Å²) in [4.78, 5) is 10.9. The number of sulfonamides is 1. The minimum absolute atomic E-state index is 0. The molecule has 1 amide bonds. The first-order valence-electron chi connectivity index (χ1n) is 4.87. The molecule has 0 aromatic carbocycles. The fraction of sp³-hybridized carbons (Fsp3) is 0.667. The normalized spacial score (nSPS) is 32.4. The molecule has 2 rings (SSSR count). The van der Waals surface area contributed by atoms with Gasteiger partial charge in [0, 0.05) is 5.92 Å². The SMILES string of the molecule is C=C[C@@H]1C[C@@]1(N)N(C=O)S(=O)(=O)C1CC1.Cl. The first kappa shape index (κ1) is 13.5. The lowest BCUT2D eigenvalue weighted by molar-refractivity contribution is -0.115. The van der Waals surface area contributed by atoms with Gasteiger partial charge < -0.3 is 5.73 Å². The number of nitrogens with two attached hydrogens (primary N) is 1. The molecule has 16 heavy (non-hydrogen) atoms. The highest BCUT2D eigenvalue weighted by molar-refractivity contribution is 7.90. The van der Waals surface area contributed by atoms with Crippen LogP contribution in [0.3, 0.4) is 0 Å². The third-order valence-electron chi connectivity index (χ3n) is 3.04. The third-order valence-corrected chi connectivity index (χ3v) is 5.33. The Balaban J connectivity index is 0.00000128. The summed E-state index contributed by atoms with van der Waals surface area (Å²) in [6, 6.07) is 0. The zero-order chi connectivity index (χ0) is 11.3. The van der Waals surface area contributed by atoms with Gasteiger partial charge in [-0.25, -0.2) is 12.7 Å². The van der Waals surface area contributed by atoms with Gasteiger partial charge in [-0.2, -0.15) is 0 Å². The van der Waals surface area contributed by atoms with Crippen LogP contribution in [0.5, 0.6) is 0 Å². The standard InChI is InChI=1S/C9H14N2O3S.ClH/c1-2-7-5-9(7,10)11(6-12)15(13,14)8-3-4-8;/h2,6-8H,1,3-5,10H2;1H/t7-,9-;/m1./s1. The van der Waals surface area contributed by atoms with Crippen molar-refractivity contribution in [1.29, 1.82) is 0 Å². The van der Waals surface area contributed by atoms with Crippen LogP contribution >= 0.6 is 12.4 Å². The highest BCUT2D eigenvalue weighted by atomic mass is 35.5. The highest BCUT2D eigenvalue weighted by Gasteiger charge is 2.59. The molecule has 7 heteroatoms. The van der Waals surface area contributed by atoms with Gasteiger partial charge in [0.05, 0.1) is 5.25 Å². The Labute approximate surface area is 101 Å². The predicted octanol–water partition coefficient (Wildman–Crippen LogP) is 0.220. The monoisotopic (exact) mass is 266 g/mol. The molecule has 0 aromatic rings. The highest BCUT2D eigenvalue weighted by Crippen LogP contribution is 2.47. The predicted molar refractivity (Wildman–Crippen MR) is 62.3 cm³/mol. The lowest BCUT2D eigenvalue weighted by Crippen LogP contribution is -2.49. The Bertz CT molecular complexity index is 407. The molecule has 0 spiro atoms. The van der Waals surface area contributed by atoms with Crippen molar-refractivity contribution in [3.63, 3.8) is 0 Å². The molecule has 92 valence electrons. The molecule has 0 heterocycles. The van der Waals surface area contributed by atoms with Crippen LogP contribution < -0.4 is 5.73 Å². The minimum atomic E-state index is -3.52. The van der Waals surface area contributed by atoms with Gasteiger partial charge in [-0.15, -0.1) is 19.0 Å². The summed E-state index contributed by atoms with van der Waals surface area (Å²) >= 11 is 0. The first-order chi connectivity index (χ1) is 6.96. The number of carbonyl (C=O) groups is 1. The maximum absolute atomic E-state index is 11.9. The number of hydrogen-bond acceptors (Lipinski definition) is 4. The summed E-state index contributed by atoms with van der Waals surface area (Å²) in [7, 11) is -3.52. The maximum Gasteiger partial charge on any atom is 0.241 e. The van der Waals surface area contributed by atoms with Gasteiger partial charge in [-0.3, -0.25) is 4.79 Å². The van der Waals surface area contributed by atoms with Crippen LogP contribution in [0.4, 0.5) is 0 Å². The van der Waals surface area contributed by atoms with Crippen LogP contribution in [-0.4, -0.2) is 30.0 Å². The number of nitrogens with zero attached hydrogens (tertiary/aromatic N) is 1. The zero-order valence-electron chi connectivity index (χ0n) is 8.70. The van der Waals surface area contributed by atoms with Crippen molar-refractivity contribution in [3.8, 4) is 0 Å². The van der Waals surface area contributed by atoms with E-state index in [4.69, 9.17) is 5.73 Å². The molecular weight excluding hydrogens is 252 g/mol. The molecule has 2 fully saturated rings. The second-order valence-corrected chi connectivity index (χ2v) is 6.27. The quantitative estimate of drug-likeness (QED) is 0.439. The molecule has 0 saturated heterocycles. The van der Waals surface area contributed by atoms with Gasteiger partial charge in [-0.05, 0) is 19.3 Å². The van der Waals surface area contributed by atoms with E-state index in [-0.39, 0.29) is 18.3 Å². The van der Waals surface area contributed by atoms with Gasteiger partial charge >= 0.3 is 0 Å². The Morgan fingerprint density at radius 2 is 2.00 bits per heavy atom. The fourth-order valence-corrected chi connectivity index (χ4v) is 3.61. The van der Waals surface area contributed by atoms with E-state index in [9.17, 15) is 13.2 Å². The van der Waals surface area contributed by atoms with E-state index in [1.807, 2.05) is 0 Å². The van der Waals surface area contributed by atoms with Crippen molar-refractivity contribution in [2.75, 3.05) is 0 Å². The maximum atomic E-state index is 11.9. The average Bonchev–Trinajstić information content (AvgIpc) is 2.98. The van der Waals surface area contributed by atoms with Gasteiger partial charge in [0.25, 0.3) is 0 Å². The summed E-state index contributed by atoms with van der Waals surface area (Å²) in [5, 5.41) is -0.408. The van der Waals surface area contributed by atoms with Gasteiger partial charge in [-0.1, -0.05) is 6.08 Å². The molecule has 5 nitrogen and oxygen atoms in total. The molecular formula is C9H15ClN2O3S. The van der Waals surface area contributed by atoms with Crippen LogP contribution in [0, 0.1) is 5.92 Å². The Morgan fingerprint density at radius 1 is 1.44 bits per heavy atom. The minimum Gasteiger partial charge on any atom is -0.307 e. The zero-order valence-corrected chi connectivity index (χ0v) is 10.3. The molecule has 0 bridgehead atoms. The van der Waals surface area contributed by atoms with E-state index in [0.29, 0.717) is 25.7 Å². The molecule has 0 aliphatic heterocycles. The van der Waals surface area contributed by atoms with Crippen molar-refractivity contribution in [2.24, 2.45) is 11.7 Å². The van der Waals surface area contributed by atoms with Gasteiger partial charge in [0.15, 0.2) is 0 Å². The Morgan fingerprint density at radius 3 is 2.31 bits per heavy atom. The van der Waals surface area contributed by atoms with Crippen LogP contribution in [-0.2, 0) is 14.8 Å². The second-order valence-electron chi connectivity index (χ2n) is 4.18. The van der Waals surface area contributed by atoms with Crippen LogP contribution in [0.15, 0.2) is 12.7 Å². The number of hydrogen-bond donors (Lipinski definition) is 1. The summed E-state index contributed by atoms with van der Waals surface area (Å²) in [6.07, 6.45) is 3.65. The molecule has 0 unspecified atom stereocenters. The van der Waals surface area contributed by atoms with E-state index in [0.717, 1.165) is 4.31 Å². The second kappa shape index (κ2) is 4.01. The van der Waals surface area contributed by atoms with E-state index in [2.05, 4.69) is 6.58 Å². The van der Waals surface area contributed by atoms with Crippen molar-refractivity contribution < 1.29 is 13.2 Å². The summed E-state index contributed by atoms with van der Waals surface area (Å²) in [5.41, 5.74) is 4.80. The number of rotatable bonds is 5. The molecule has 0 aromatic heterocycles. The molecule has 2 saturated carbocycles. The average molecular weight is 267 g/mol. The lowest BCUT2D eigenvalue weighted by Gasteiger charge is -2.24. The van der Waals surface area contributed by atoms with E-state index < -0.39 is 20.9 Å². The van der Waals surface area contributed by atoms with Crippen LogP contribution in [0.1, 0.15) is 19.3 Å².